The second kappa shape index (κ2) is 6.89. The molecule has 0 aromatic carbocycles. The van der Waals surface area contributed by atoms with Crippen molar-refractivity contribution in [3.63, 3.8) is 0 Å². The summed E-state index contributed by atoms with van der Waals surface area (Å²) in [6, 6.07) is 0.291. The highest BCUT2D eigenvalue weighted by Gasteiger charge is 2.36. The van der Waals surface area contributed by atoms with Gasteiger partial charge in [0, 0.05) is 23.0 Å². The summed E-state index contributed by atoms with van der Waals surface area (Å²) in [4.78, 5) is 4.36. The molecule has 1 heterocycles. The van der Waals surface area contributed by atoms with E-state index in [4.69, 9.17) is 0 Å². The second-order valence-electron chi connectivity index (χ2n) is 5.37. The maximum Gasteiger partial charge on any atom is 0.443 e. The summed E-state index contributed by atoms with van der Waals surface area (Å²) in [5, 5.41) is 2.79. The Morgan fingerprint density at radius 1 is 1.30 bits per heavy atom. The third-order valence-corrected chi connectivity index (χ3v) is 4.98. The van der Waals surface area contributed by atoms with Gasteiger partial charge in [0.15, 0.2) is 5.01 Å². The van der Waals surface area contributed by atoms with Gasteiger partial charge in [-0.3, -0.25) is 0 Å². The molecule has 2 nitrogen and oxygen atoms in total. The van der Waals surface area contributed by atoms with E-state index in [0.29, 0.717) is 6.04 Å². The summed E-state index contributed by atoms with van der Waals surface area (Å²) < 4.78 is 38.0. The molecule has 0 spiro atoms. The first-order valence-corrected chi connectivity index (χ1v) is 8.10. The molecule has 0 amide bonds. The molecule has 0 radical (unpaired) electrons. The molecule has 1 aromatic heterocycles. The van der Waals surface area contributed by atoms with Crippen molar-refractivity contribution in [2.24, 2.45) is 0 Å². The van der Waals surface area contributed by atoms with E-state index >= 15 is 0 Å². The Bertz CT molecular complexity index is 417. The first kappa shape index (κ1) is 15.8. The lowest BCUT2D eigenvalue weighted by Gasteiger charge is -2.25. The average molecular weight is 306 g/mol. The molecule has 1 saturated carbocycles. The van der Waals surface area contributed by atoms with E-state index in [1.165, 1.54) is 12.6 Å². The summed E-state index contributed by atoms with van der Waals surface area (Å²) in [5.74, 6) is 0.178. The SMILES string of the molecule is CCCNC1CCCCCC1c1cnc(C(F)(F)F)s1. The zero-order valence-electron chi connectivity index (χ0n) is 11.7. The van der Waals surface area contributed by atoms with Crippen molar-refractivity contribution in [3.05, 3.63) is 16.1 Å². The molecule has 1 fully saturated rings. The zero-order valence-corrected chi connectivity index (χ0v) is 12.5. The summed E-state index contributed by atoms with van der Waals surface area (Å²) >= 11 is 0.817. The Morgan fingerprint density at radius 2 is 2.05 bits per heavy atom. The van der Waals surface area contributed by atoms with Crippen LogP contribution in [0.15, 0.2) is 6.20 Å². The monoisotopic (exact) mass is 306 g/mol. The van der Waals surface area contributed by atoms with E-state index in [0.717, 1.165) is 54.9 Å². The molecule has 1 N–H and O–H groups in total. The van der Waals surface area contributed by atoms with E-state index in [1.54, 1.807) is 0 Å². The number of hydrogen-bond donors (Lipinski definition) is 1. The van der Waals surface area contributed by atoms with Crippen LogP contribution < -0.4 is 5.32 Å². The Balaban J connectivity index is 2.15. The predicted molar refractivity (Wildman–Crippen MR) is 75.0 cm³/mol. The van der Waals surface area contributed by atoms with Gasteiger partial charge < -0.3 is 5.32 Å². The molecular formula is C14H21F3N2S. The van der Waals surface area contributed by atoms with Gasteiger partial charge in [0.25, 0.3) is 0 Å². The van der Waals surface area contributed by atoms with Gasteiger partial charge in [-0.1, -0.05) is 26.2 Å². The highest BCUT2D eigenvalue weighted by molar-refractivity contribution is 7.11. The molecule has 0 aliphatic heterocycles. The van der Waals surface area contributed by atoms with Crippen molar-refractivity contribution >= 4 is 11.3 Å². The van der Waals surface area contributed by atoms with Crippen LogP contribution in [0.2, 0.25) is 0 Å². The summed E-state index contributed by atoms with van der Waals surface area (Å²) in [6.07, 6.45) is 3.58. The Labute approximate surface area is 121 Å². The van der Waals surface area contributed by atoms with E-state index in [2.05, 4.69) is 17.2 Å². The second-order valence-corrected chi connectivity index (χ2v) is 6.43. The van der Waals surface area contributed by atoms with Crippen LogP contribution in [0, 0.1) is 0 Å². The van der Waals surface area contributed by atoms with Gasteiger partial charge in [0.2, 0.25) is 0 Å². The van der Waals surface area contributed by atoms with Gasteiger partial charge >= 0.3 is 6.18 Å². The molecule has 1 aliphatic carbocycles. The van der Waals surface area contributed by atoms with Gasteiger partial charge in [-0.05, 0) is 25.8 Å². The van der Waals surface area contributed by atoms with Crippen LogP contribution in [-0.2, 0) is 6.18 Å². The van der Waals surface area contributed by atoms with E-state index in [1.807, 2.05) is 0 Å². The minimum atomic E-state index is -4.32. The zero-order chi connectivity index (χ0) is 14.6. The molecular weight excluding hydrogens is 285 g/mol. The van der Waals surface area contributed by atoms with Crippen LogP contribution in [0.25, 0.3) is 0 Å². The van der Waals surface area contributed by atoms with Gasteiger partial charge in [0.1, 0.15) is 0 Å². The molecule has 114 valence electrons. The van der Waals surface area contributed by atoms with Crippen LogP contribution in [0.1, 0.15) is 61.3 Å². The van der Waals surface area contributed by atoms with Crippen molar-refractivity contribution in [1.29, 1.82) is 0 Å². The van der Waals surface area contributed by atoms with Gasteiger partial charge in [-0.25, -0.2) is 4.98 Å². The van der Waals surface area contributed by atoms with Crippen molar-refractivity contribution in [1.82, 2.24) is 10.3 Å². The summed E-state index contributed by atoms with van der Waals surface area (Å²) in [7, 11) is 0. The van der Waals surface area contributed by atoms with Crippen molar-refractivity contribution in [2.45, 2.75) is 63.6 Å². The smallest absolute Gasteiger partial charge is 0.313 e. The maximum absolute atomic E-state index is 12.7. The fraction of sp³-hybridized carbons (Fsp3) is 0.786. The number of alkyl halides is 3. The molecule has 2 atom stereocenters. The van der Waals surface area contributed by atoms with Gasteiger partial charge in [0.05, 0.1) is 0 Å². The third-order valence-electron chi connectivity index (χ3n) is 3.80. The lowest BCUT2D eigenvalue weighted by atomic mass is 9.93. The number of aromatic nitrogens is 1. The number of hydrogen-bond acceptors (Lipinski definition) is 3. The molecule has 2 rings (SSSR count). The Kier molecular flexibility index (Phi) is 5.43. The minimum absolute atomic E-state index is 0.178. The molecule has 6 heteroatoms. The van der Waals surface area contributed by atoms with Gasteiger partial charge in [-0.15, -0.1) is 11.3 Å². The minimum Gasteiger partial charge on any atom is -0.313 e. The number of rotatable bonds is 4. The molecule has 0 saturated heterocycles. The van der Waals surface area contributed by atoms with Crippen molar-refractivity contribution in [2.75, 3.05) is 6.54 Å². The number of halogens is 3. The predicted octanol–water partition coefficient (Wildman–Crippen LogP) is 4.58. The van der Waals surface area contributed by atoms with Gasteiger partial charge in [-0.2, -0.15) is 13.2 Å². The first-order chi connectivity index (χ1) is 9.52. The van der Waals surface area contributed by atoms with Crippen LogP contribution in [0.4, 0.5) is 13.2 Å². The lowest BCUT2D eigenvalue weighted by molar-refractivity contribution is -0.137. The molecule has 0 bridgehead atoms. The Morgan fingerprint density at radius 3 is 2.70 bits per heavy atom. The number of nitrogens with zero attached hydrogens (tertiary/aromatic N) is 1. The number of thiazole rings is 1. The quantitative estimate of drug-likeness (QED) is 0.824. The van der Waals surface area contributed by atoms with Crippen LogP contribution in [-0.4, -0.2) is 17.6 Å². The largest absolute Gasteiger partial charge is 0.443 e. The standard InChI is InChI=1S/C14H21F3N2S/c1-2-8-18-11-7-5-3-4-6-10(11)12-9-19-13(20-12)14(15,16)17/h9-11,18H,2-8H2,1H3. The van der Waals surface area contributed by atoms with Crippen LogP contribution >= 0.6 is 11.3 Å². The highest BCUT2D eigenvalue weighted by atomic mass is 32.1. The Hall–Kier alpha value is -0.620. The lowest BCUT2D eigenvalue weighted by Crippen LogP contribution is -2.34. The molecule has 1 aromatic rings. The fourth-order valence-electron chi connectivity index (χ4n) is 2.81. The third kappa shape index (κ3) is 3.95. The molecule has 20 heavy (non-hydrogen) atoms. The van der Waals surface area contributed by atoms with E-state index in [-0.39, 0.29) is 5.92 Å². The first-order valence-electron chi connectivity index (χ1n) is 7.28. The van der Waals surface area contributed by atoms with Crippen molar-refractivity contribution < 1.29 is 13.2 Å². The van der Waals surface area contributed by atoms with Crippen molar-refractivity contribution in [3.8, 4) is 0 Å². The number of nitrogens with one attached hydrogen (secondary N) is 1. The highest BCUT2D eigenvalue weighted by Crippen LogP contribution is 2.39. The fourth-order valence-corrected chi connectivity index (χ4v) is 3.79. The molecule has 1 aliphatic rings. The average Bonchev–Trinajstić information content (AvgIpc) is 2.77. The summed E-state index contributed by atoms with van der Waals surface area (Å²) in [5.41, 5.74) is 0. The van der Waals surface area contributed by atoms with E-state index < -0.39 is 11.2 Å². The maximum atomic E-state index is 12.7. The topological polar surface area (TPSA) is 24.9 Å². The van der Waals surface area contributed by atoms with Crippen LogP contribution in [0.5, 0.6) is 0 Å². The van der Waals surface area contributed by atoms with E-state index in [9.17, 15) is 13.2 Å². The normalized spacial score (nSPS) is 24.6. The summed E-state index contributed by atoms with van der Waals surface area (Å²) in [6.45, 7) is 3.03. The molecule has 2 unspecified atom stereocenters. The van der Waals surface area contributed by atoms with Crippen LogP contribution in [0.3, 0.4) is 0 Å².